The maximum atomic E-state index is 6.09. The molecule has 0 spiro atoms. The van der Waals surface area contributed by atoms with Crippen LogP contribution in [0.1, 0.15) is 43.4 Å². The van der Waals surface area contributed by atoms with Crippen molar-refractivity contribution < 1.29 is 18.9 Å². The van der Waals surface area contributed by atoms with Crippen LogP contribution in [0, 0.1) is 0 Å². The second kappa shape index (κ2) is 9.65. The van der Waals surface area contributed by atoms with Crippen LogP contribution < -0.4 is 0 Å². The second-order valence-electron chi connectivity index (χ2n) is 7.24. The van der Waals surface area contributed by atoms with Gasteiger partial charge < -0.3 is 18.9 Å². The molecule has 4 heteroatoms. The summed E-state index contributed by atoms with van der Waals surface area (Å²) in [4.78, 5) is 0. The topological polar surface area (TPSA) is 43.5 Å². The second-order valence-corrected chi connectivity index (χ2v) is 7.24. The van der Waals surface area contributed by atoms with Crippen LogP contribution in [0.4, 0.5) is 0 Å². The van der Waals surface area contributed by atoms with Gasteiger partial charge in [-0.3, -0.25) is 0 Å². The van der Waals surface area contributed by atoms with Crippen molar-refractivity contribution in [3.8, 4) is 0 Å². The molecular weight excluding hydrogens is 328 g/mol. The Morgan fingerprint density at radius 1 is 1.04 bits per heavy atom. The Bertz CT molecular complexity index is 578. The zero-order valence-electron chi connectivity index (χ0n) is 16.1. The minimum Gasteiger partial charge on any atom is -0.375 e. The molecule has 144 valence electrons. The molecule has 4 nitrogen and oxygen atoms in total. The highest BCUT2D eigenvalue weighted by Gasteiger charge is 2.26. The van der Waals surface area contributed by atoms with Crippen molar-refractivity contribution in [2.75, 3.05) is 26.4 Å². The lowest BCUT2D eigenvalue weighted by Crippen LogP contribution is -2.22. The summed E-state index contributed by atoms with van der Waals surface area (Å²) in [7, 11) is 0. The van der Waals surface area contributed by atoms with Gasteiger partial charge in [-0.1, -0.05) is 44.7 Å². The molecule has 0 N–H and O–H groups in total. The van der Waals surface area contributed by atoms with E-state index in [0.29, 0.717) is 25.4 Å². The van der Waals surface area contributed by atoms with Gasteiger partial charge >= 0.3 is 0 Å². The van der Waals surface area contributed by atoms with Gasteiger partial charge in [-0.15, -0.1) is 0 Å². The summed E-state index contributed by atoms with van der Waals surface area (Å²) in [6, 6.07) is 6.48. The molecule has 0 radical (unpaired) electrons. The lowest BCUT2D eigenvalue weighted by atomic mass is 9.91. The van der Waals surface area contributed by atoms with Gasteiger partial charge in [-0.05, 0) is 42.4 Å². The first-order chi connectivity index (χ1) is 12.7. The summed E-state index contributed by atoms with van der Waals surface area (Å²) in [6.07, 6.45) is 6.81. The largest absolute Gasteiger partial charge is 0.375 e. The summed E-state index contributed by atoms with van der Waals surface area (Å²) < 4.78 is 22.7. The van der Waals surface area contributed by atoms with E-state index in [1.807, 2.05) is 6.08 Å². The van der Waals surface area contributed by atoms with Crippen molar-refractivity contribution in [1.29, 1.82) is 0 Å². The summed E-state index contributed by atoms with van der Waals surface area (Å²) in [5.74, 6) is 0. The van der Waals surface area contributed by atoms with E-state index in [9.17, 15) is 0 Å². The average molecular weight is 360 g/mol. The molecule has 0 saturated carbocycles. The van der Waals surface area contributed by atoms with Crippen LogP contribution in [0.2, 0.25) is 0 Å². The van der Waals surface area contributed by atoms with Gasteiger partial charge in [0.1, 0.15) is 12.2 Å². The number of epoxide rings is 2. The van der Waals surface area contributed by atoms with Crippen LogP contribution in [0.3, 0.4) is 0 Å². The molecule has 2 saturated heterocycles. The van der Waals surface area contributed by atoms with E-state index in [4.69, 9.17) is 18.9 Å². The van der Waals surface area contributed by atoms with Gasteiger partial charge in [-0.25, -0.2) is 0 Å². The number of ether oxygens (including phenoxy) is 4. The van der Waals surface area contributed by atoms with Gasteiger partial charge in [-0.2, -0.15) is 0 Å². The Morgan fingerprint density at radius 3 is 2.12 bits per heavy atom. The molecule has 26 heavy (non-hydrogen) atoms. The van der Waals surface area contributed by atoms with Crippen molar-refractivity contribution in [2.24, 2.45) is 0 Å². The smallest absolute Gasteiger partial charge is 0.104 e. The van der Waals surface area contributed by atoms with Crippen LogP contribution in [0.25, 0.3) is 6.08 Å². The average Bonchev–Trinajstić information content (AvgIpc) is 3.56. The van der Waals surface area contributed by atoms with E-state index in [-0.39, 0.29) is 12.2 Å². The van der Waals surface area contributed by atoms with Crippen molar-refractivity contribution >= 4 is 6.08 Å². The standard InChI is InChI=1S/C22H32O4/c1-4-16-8-7-9-17(10-18(5-2)23-12-20-14-25-20)22(16)11-19(6-3)24-13-21-15-26-21/h4,7-9,18-21H,1,5-6,10-15H2,2-3H3. The highest BCUT2D eigenvalue weighted by atomic mass is 16.6. The molecule has 0 amide bonds. The van der Waals surface area contributed by atoms with E-state index in [1.54, 1.807) is 0 Å². The molecule has 2 fully saturated rings. The van der Waals surface area contributed by atoms with Gasteiger partial charge in [0.05, 0.1) is 38.6 Å². The third kappa shape index (κ3) is 5.92. The Hall–Kier alpha value is -1.20. The van der Waals surface area contributed by atoms with Crippen LogP contribution in [-0.2, 0) is 31.8 Å². The Balaban J connectivity index is 1.67. The first-order valence-electron chi connectivity index (χ1n) is 9.93. The monoisotopic (exact) mass is 360 g/mol. The van der Waals surface area contributed by atoms with Gasteiger partial charge in [0.15, 0.2) is 0 Å². The van der Waals surface area contributed by atoms with Gasteiger partial charge in [0, 0.05) is 0 Å². The first kappa shape index (κ1) is 19.6. The van der Waals surface area contributed by atoms with Crippen molar-refractivity contribution in [3.63, 3.8) is 0 Å². The number of rotatable bonds is 13. The zero-order chi connectivity index (χ0) is 18.4. The quantitative estimate of drug-likeness (QED) is 0.502. The normalized spacial score (nSPS) is 23.5. The fraction of sp³-hybridized carbons (Fsp3) is 0.636. The molecule has 3 rings (SSSR count). The highest BCUT2D eigenvalue weighted by Crippen LogP contribution is 2.24. The predicted octanol–water partition coefficient (Wildman–Crippen LogP) is 3.80. The molecule has 2 aliphatic heterocycles. The highest BCUT2D eigenvalue weighted by molar-refractivity contribution is 5.54. The molecule has 0 aliphatic carbocycles. The van der Waals surface area contributed by atoms with Crippen LogP contribution in [-0.4, -0.2) is 50.8 Å². The van der Waals surface area contributed by atoms with E-state index < -0.39 is 0 Å². The maximum absolute atomic E-state index is 6.09. The Kier molecular flexibility index (Phi) is 7.26. The molecule has 4 atom stereocenters. The molecule has 1 aromatic rings. The predicted molar refractivity (Wildman–Crippen MR) is 103 cm³/mol. The molecular formula is C22H32O4. The van der Waals surface area contributed by atoms with E-state index in [2.05, 4.69) is 38.6 Å². The SMILES string of the molecule is C=Cc1cccc(CC(CC)OCC2CO2)c1CC(CC)OCC1CO1. The fourth-order valence-corrected chi connectivity index (χ4v) is 3.22. The van der Waals surface area contributed by atoms with E-state index >= 15 is 0 Å². The van der Waals surface area contributed by atoms with Crippen molar-refractivity contribution in [2.45, 2.75) is 63.9 Å². The van der Waals surface area contributed by atoms with Crippen LogP contribution in [0.5, 0.6) is 0 Å². The minimum atomic E-state index is 0.208. The third-order valence-electron chi connectivity index (χ3n) is 5.16. The van der Waals surface area contributed by atoms with Crippen molar-refractivity contribution in [1.82, 2.24) is 0 Å². The summed E-state index contributed by atoms with van der Waals surface area (Å²) in [5.41, 5.74) is 3.89. The summed E-state index contributed by atoms with van der Waals surface area (Å²) in [5, 5.41) is 0. The van der Waals surface area contributed by atoms with Gasteiger partial charge in [0.2, 0.25) is 0 Å². The summed E-state index contributed by atoms with van der Waals surface area (Å²) in [6.45, 7) is 11.5. The minimum absolute atomic E-state index is 0.208. The fourth-order valence-electron chi connectivity index (χ4n) is 3.22. The molecule has 2 heterocycles. The molecule has 0 bridgehead atoms. The molecule has 0 aromatic heterocycles. The number of hydrogen-bond acceptors (Lipinski definition) is 4. The lowest BCUT2D eigenvalue weighted by molar-refractivity contribution is 0.0372. The van der Waals surface area contributed by atoms with E-state index in [0.717, 1.165) is 38.9 Å². The lowest BCUT2D eigenvalue weighted by Gasteiger charge is -2.22. The molecule has 2 aliphatic rings. The van der Waals surface area contributed by atoms with Crippen LogP contribution in [0.15, 0.2) is 24.8 Å². The van der Waals surface area contributed by atoms with E-state index in [1.165, 1.54) is 16.7 Å². The molecule has 1 aromatic carbocycles. The zero-order valence-corrected chi connectivity index (χ0v) is 16.1. The number of benzene rings is 1. The van der Waals surface area contributed by atoms with Gasteiger partial charge in [0.25, 0.3) is 0 Å². The third-order valence-corrected chi connectivity index (χ3v) is 5.16. The Labute approximate surface area is 157 Å². The number of hydrogen-bond donors (Lipinski definition) is 0. The molecule has 4 unspecified atom stereocenters. The summed E-state index contributed by atoms with van der Waals surface area (Å²) >= 11 is 0. The maximum Gasteiger partial charge on any atom is 0.104 e. The van der Waals surface area contributed by atoms with Crippen LogP contribution >= 0.6 is 0 Å². The van der Waals surface area contributed by atoms with Crippen molar-refractivity contribution in [3.05, 3.63) is 41.5 Å². The Morgan fingerprint density at radius 2 is 1.62 bits per heavy atom. The first-order valence-corrected chi connectivity index (χ1v) is 9.93.